The molecule has 2 heterocycles. The van der Waals surface area contributed by atoms with Crippen molar-refractivity contribution in [2.45, 2.75) is 12.0 Å². The Bertz CT molecular complexity index is 1140. The molecule has 0 spiro atoms. The van der Waals surface area contributed by atoms with Crippen molar-refractivity contribution in [3.63, 3.8) is 0 Å². The fourth-order valence-corrected chi connectivity index (χ4v) is 3.99. The number of likely N-dealkylation sites (N-methyl/N-ethyl adjacent to an activating group) is 1. The lowest BCUT2D eigenvalue weighted by Gasteiger charge is -2.41. The van der Waals surface area contributed by atoms with Crippen LogP contribution < -0.4 is 4.90 Å². The Labute approximate surface area is 170 Å². The smallest absolute Gasteiger partial charge is 0.338 e. The summed E-state index contributed by atoms with van der Waals surface area (Å²) >= 11 is 0. The molecule has 154 valence electrons. The summed E-state index contributed by atoms with van der Waals surface area (Å²) in [6.07, 6.45) is 1.33. The van der Waals surface area contributed by atoms with Gasteiger partial charge in [-0.15, -0.1) is 0 Å². The minimum absolute atomic E-state index is 0.0529. The van der Waals surface area contributed by atoms with E-state index in [1.165, 1.54) is 29.2 Å². The van der Waals surface area contributed by atoms with E-state index in [4.69, 9.17) is 4.74 Å². The van der Waals surface area contributed by atoms with Crippen molar-refractivity contribution >= 4 is 17.4 Å². The number of aryl methyl sites for hydroxylation is 1. The highest BCUT2D eigenvalue weighted by atomic mass is 19.1. The van der Waals surface area contributed by atoms with Gasteiger partial charge in [-0.2, -0.15) is 5.10 Å². The van der Waals surface area contributed by atoms with Gasteiger partial charge in [-0.05, 0) is 29.8 Å². The van der Waals surface area contributed by atoms with Gasteiger partial charge in [0.15, 0.2) is 5.78 Å². The number of hydrogen-bond acceptors (Lipinski definition) is 6. The van der Waals surface area contributed by atoms with E-state index < -0.39 is 35.3 Å². The predicted octanol–water partition coefficient (Wildman–Crippen LogP) is 3.04. The number of nitrogens with zero attached hydrogens (tertiary/aromatic N) is 4. The number of halogens is 2. The van der Waals surface area contributed by atoms with Crippen LogP contribution in [0.15, 0.2) is 42.7 Å². The number of ether oxygens (including phenoxy) is 1. The van der Waals surface area contributed by atoms with E-state index in [0.29, 0.717) is 11.4 Å². The summed E-state index contributed by atoms with van der Waals surface area (Å²) in [5.41, 5.74) is 0.772. The first-order valence-electron chi connectivity index (χ1n) is 9.11. The van der Waals surface area contributed by atoms with Crippen molar-refractivity contribution in [1.29, 1.82) is 0 Å². The topological polar surface area (TPSA) is 77.3 Å². The molecule has 0 saturated heterocycles. The Hall–Kier alpha value is -3.62. The molecule has 1 aliphatic rings. The van der Waals surface area contributed by atoms with Gasteiger partial charge in [-0.1, -0.05) is 12.1 Å². The fraction of sp³-hybridized carbons (Fsp3) is 0.238. The van der Waals surface area contributed by atoms with Crippen LogP contribution in [0.3, 0.4) is 0 Å². The lowest BCUT2D eigenvalue weighted by molar-refractivity contribution is 0.0595. The third-order valence-corrected chi connectivity index (χ3v) is 5.37. The van der Waals surface area contributed by atoms with E-state index in [9.17, 15) is 18.4 Å². The van der Waals surface area contributed by atoms with Crippen LogP contribution in [-0.4, -0.2) is 40.7 Å². The lowest BCUT2D eigenvalue weighted by Crippen LogP contribution is -2.41. The molecular formula is C21H18F2N4O3. The maximum absolute atomic E-state index is 14.3. The Morgan fingerprint density at radius 3 is 2.40 bits per heavy atom. The Kier molecular flexibility index (Phi) is 4.81. The Morgan fingerprint density at radius 1 is 1.10 bits per heavy atom. The van der Waals surface area contributed by atoms with Crippen molar-refractivity contribution < 1.29 is 23.1 Å². The second-order valence-corrected chi connectivity index (χ2v) is 7.03. The zero-order valence-electron chi connectivity index (χ0n) is 16.5. The first kappa shape index (κ1) is 19.7. The lowest BCUT2D eigenvalue weighted by atomic mass is 9.79. The number of carbonyl (C=O) groups is 2. The molecular weight excluding hydrogens is 394 g/mol. The zero-order chi connectivity index (χ0) is 21.6. The van der Waals surface area contributed by atoms with E-state index in [-0.39, 0.29) is 16.8 Å². The van der Waals surface area contributed by atoms with E-state index in [2.05, 4.69) is 10.1 Å². The molecule has 0 saturated carbocycles. The number of rotatable bonds is 3. The SMILES string of the molecule is COC(=O)c1cc(F)cc2c1C(=O)C(c1ncnn1C)C(c1ccc(F)cc1)N2C. The number of carbonyl (C=O) groups excluding carboxylic acids is 2. The number of esters is 1. The van der Waals surface area contributed by atoms with Crippen LogP contribution in [0, 0.1) is 11.6 Å². The van der Waals surface area contributed by atoms with Crippen molar-refractivity contribution in [3.05, 3.63) is 76.9 Å². The largest absolute Gasteiger partial charge is 0.465 e. The minimum atomic E-state index is -0.866. The molecule has 0 amide bonds. The van der Waals surface area contributed by atoms with Gasteiger partial charge < -0.3 is 9.64 Å². The predicted molar refractivity (Wildman–Crippen MR) is 103 cm³/mol. The van der Waals surface area contributed by atoms with Crippen LogP contribution in [0.1, 0.15) is 44.1 Å². The highest BCUT2D eigenvalue weighted by Crippen LogP contribution is 2.46. The standard InChI is InChI=1S/C21H18F2N4O3/c1-26-15-9-13(23)8-14(21(29)30-3)16(15)19(28)17(20-24-10-25-27(20)2)18(26)11-4-6-12(22)7-5-11/h4-10,17-18H,1-3H3. The molecule has 4 rings (SSSR count). The Morgan fingerprint density at radius 2 is 1.80 bits per heavy atom. The molecule has 1 aromatic heterocycles. The number of hydrogen-bond donors (Lipinski definition) is 0. The van der Waals surface area contributed by atoms with Gasteiger partial charge in [0, 0.05) is 14.1 Å². The summed E-state index contributed by atoms with van der Waals surface area (Å²) in [5.74, 6) is -2.83. The quantitative estimate of drug-likeness (QED) is 0.616. The molecule has 0 radical (unpaired) electrons. The van der Waals surface area contributed by atoms with Crippen molar-refractivity contribution in [2.24, 2.45) is 7.05 Å². The summed E-state index contributed by atoms with van der Waals surface area (Å²) < 4.78 is 34.1. The molecule has 0 aliphatic carbocycles. The number of Topliss-reactive ketones (excluding diaryl/α,β-unsaturated/α-hetero) is 1. The van der Waals surface area contributed by atoms with Crippen LogP contribution in [-0.2, 0) is 11.8 Å². The average Bonchev–Trinajstić information content (AvgIpc) is 3.15. The number of aromatic nitrogens is 3. The molecule has 0 N–H and O–H groups in total. The van der Waals surface area contributed by atoms with Crippen molar-refractivity contribution in [2.75, 3.05) is 19.1 Å². The molecule has 2 unspecified atom stereocenters. The van der Waals surface area contributed by atoms with Crippen molar-refractivity contribution in [1.82, 2.24) is 14.8 Å². The number of benzene rings is 2. The number of anilines is 1. The molecule has 0 bridgehead atoms. The first-order chi connectivity index (χ1) is 14.3. The zero-order valence-corrected chi connectivity index (χ0v) is 16.5. The molecule has 9 heteroatoms. The molecule has 30 heavy (non-hydrogen) atoms. The number of ketones is 1. The van der Waals surface area contributed by atoms with Crippen LogP contribution in [0.5, 0.6) is 0 Å². The molecule has 0 fully saturated rings. The number of methoxy groups -OCH3 is 1. The summed E-state index contributed by atoms with van der Waals surface area (Å²) in [7, 11) is 4.50. The molecule has 2 aromatic carbocycles. The van der Waals surface area contributed by atoms with Crippen LogP contribution in [0.2, 0.25) is 0 Å². The van der Waals surface area contributed by atoms with Gasteiger partial charge in [0.05, 0.1) is 30.0 Å². The van der Waals surface area contributed by atoms with Crippen LogP contribution >= 0.6 is 0 Å². The second-order valence-electron chi connectivity index (χ2n) is 7.03. The molecule has 1 aliphatic heterocycles. The summed E-state index contributed by atoms with van der Waals surface area (Å²) in [5, 5.41) is 4.06. The number of fused-ring (bicyclic) bond motifs is 1. The van der Waals surface area contributed by atoms with E-state index in [1.807, 2.05) is 0 Å². The van der Waals surface area contributed by atoms with Gasteiger partial charge in [0.25, 0.3) is 0 Å². The third kappa shape index (κ3) is 3.02. The third-order valence-electron chi connectivity index (χ3n) is 5.37. The maximum atomic E-state index is 14.3. The second kappa shape index (κ2) is 7.33. The summed E-state index contributed by atoms with van der Waals surface area (Å²) in [6, 6.07) is 7.29. The van der Waals surface area contributed by atoms with Gasteiger partial charge in [0.1, 0.15) is 29.7 Å². The van der Waals surface area contributed by atoms with E-state index in [0.717, 1.165) is 13.2 Å². The minimum Gasteiger partial charge on any atom is -0.465 e. The highest BCUT2D eigenvalue weighted by Gasteiger charge is 2.45. The normalized spacial score (nSPS) is 18.3. The van der Waals surface area contributed by atoms with Crippen molar-refractivity contribution in [3.8, 4) is 0 Å². The molecule has 7 nitrogen and oxygen atoms in total. The van der Waals surface area contributed by atoms with Gasteiger partial charge in [-0.25, -0.2) is 18.6 Å². The van der Waals surface area contributed by atoms with Gasteiger partial charge in [0.2, 0.25) is 0 Å². The maximum Gasteiger partial charge on any atom is 0.338 e. The van der Waals surface area contributed by atoms with Crippen LogP contribution in [0.25, 0.3) is 0 Å². The van der Waals surface area contributed by atoms with Crippen LogP contribution in [0.4, 0.5) is 14.5 Å². The summed E-state index contributed by atoms with van der Waals surface area (Å²) in [4.78, 5) is 31.9. The first-order valence-corrected chi connectivity index (χ1v) is 9.11. The monoisotopic (exact) mass is 412 g/mol. The van der Waals surface area contributed by atoms with Gasteiger partial charge >= 0.3 is 5.97 Å². The van der Waals surface area contributed by atoms with Gasteiger partial charge in [-0.3, -0.25) is 9.48 Å². The molecule has 3 aromatic rings. The fourth-order valence-electron chi connectivity index (χ4n) is 3.99. The molecule has 2 atom stereocenters. The van der Waals surface area contributed by atoms with E-state index in [1.54, 1.807) is 31.1 Å². The summed E-state index contributed by atoms with van der Waals surface area (Å²) in [6.45, 7) is 0. The Balaban J connectivity index is 1.99. The van der Waals surface area contributed by atoms with E-state index >= 15 is 0 Å². The average molecular weight is 412 g/mol. The highest BCUT2D eigenvalue weighted by molar-refractivity contribution is 6.14.